The highest BCUT2D eigenvalue weighted by atomic mass is 19.0. The summed E-state index contributed by atoms with van der Waals surface area (Å²) in [5, 5.41) is 36.6. The molecule has 1 atom stereocenters. The number of aromatic hydroxyl groups is 1. The lowest BCUT2D eigenvalue weighted by Gasteiger charge is -2.15. The van der Waals surface area contributed by atoms with Gasteiger partial charge in [-0.3, -0.25) is 24.1 Å². The summed E-state index contributed by atoms with van der Waals surface area (Å²) in [6, 6.07) is 27.0. The van der Waals surface area contributed by atoms with Crippen LogP contribution in [-0.2, 0) is 19.4 Å². The van der Waals surface area contributed by atoms with E-state index < -0.39 is 18.0 Å². The number of aromatic nitrogens is 2. The minimum atomic E-state index is -1.13. The van der Waals surface area contributed by atoms with Gasteiger partial charge < -0.3 is 30.0 Å². The first-order valence-corrected chi connectivity index (χ1v) is 15.3. The summed E-state index contributed by atoms with van der Waals surface area (Å²) in [6.45, 7) is 1.25. The Labute approximate surface area is 278 Å². The van der Waals surface area contributed by atoms with Gasteiger partial charge in [-0.15, -0.1) is 0 Å². The van der Waals surface area contributed by atoms with Crippen LogP contribution in [0.3, 0.4) is 0 Å². The smallest absolute Gasteiger partial charge is 0.419 e. The molecule has 11 nitrogen and oxygen atoms in total. The number of amides is 1. The van der Waals surface area contributed by atoms with E-state index >= 15 is 0 Å². The van der Waals surface area contributed by atoms with Crippen LogP contribution in [0.1, 0.15) is 29.2 Å². The van der Waals surface area contributed by atoms with Gasteiger partial charge >= 0.3 is 11.8 Å². The number of hydrogen-bond acceptors (Lipinski definition) is 7. The Bertz CT molecular complexity index is 2180. The van der Waals surface area contributed by atoms with E-state index in [-0.39, 0.29) is 32.8 Å². The van der Waals surface area contributed by atoms with E-state index in [1.165, 1.54) is 12.1 Å². The lowest BCUT2D eigenvalue weighted by atomic mass is 9.99. The zero-order valence-corrected chi connectivity index (χ0v) is 26.2. The summed E-state index contributed by atoms with van der Waals surface area (Å²) in [4.78, 5) is 38.4. The number of carbonyl (C=O) groups is 1. The molecule has 0 radical (unpaired) electrons. The maximum atomic E-state index is 12.7. The van der Waals surface area contributed by atoms with Crippen molar-refractivity contribution in [1.29, 1.82) is 0 Å². The summed E-state index contributed by atoms with van der Waals surface area (Å²) >= 11 is 0. The van der Waals surface area contributed by atoms with Gasteiger partial charge in [0.05, 0.1) is 22.8 Å². The molecule has 0 bridgehead atoms. The van der Waals surface area contributed by atoms with E-state index in [9.17, 15) is 29.7 Å². The number of phenols is 1. The molecule has 0 saturated heterocycles. The second-order valence-corrected chi connectivity index (χ2v) is 11.4. The molecule has 6 aromatic rings. The lowest BCUT2D eigenvalue weighted by Crippen LogP contribution is -2.24. The summed E-state index contributed by atoms with van der Waals surface area (Å²) < 4.78 is 7.17. The van der Waals surface area contributed by atoms with E-state index in [0.29, 0.717) is 60.1 Å². The number of aliphatic hydroxyl groups is 1. The number of aryl methyl sites for hydroxylation is 2. The number of nitrogens with zero attached hydrogens (tertiary/aromatic N) is 1. The van der Waals surface area contributed by atoms with Gasteiger partial charge in [-0.2, -0.15) is 0 Å². The zero-order valence-electron chi connectivity index (χ0n) is 26.2. The predicted octanol–water partition coefficient (Wildman–Crippen LogP) is 5.70. The summed E-state index contributed by atoms with van der Waals surface area (Å²) in [7, 11) is 0. The molecule has 49 heavy (non-hydrogen) atoms. The molecule has 0 aliphatic rings. The fraction of sp³-hybridized carbons (Fsp3) is 0.194. The van der Waals surface area contributed by atoms with Crippen molar-refractivity contribution >= 4 is 33.8 Å². The van der Waals surface area contributed by atoms with Crippen molar-refractivity contribution < 1.29 is 33.9 Å². The number of carboxylic acid groups (broad SMARTS) is 1. The number of H-pyrrole nitrogens is 1. The topological polar surface area (TPSA) is 170 Å². The van der Waals surface area contributed by atoms with E-state index in [2.05, 4.69) is 15.6 Å². The molecule has 0 saturated carbocycles. The number of nitrogens with one attached hydrogen (secondary N) is 3. The van der Waals surface area contributed by atoms with Crippen LogP contribution >= 0.6 is 0 Å². The summed E-state index contributed by atoms with van der Waals surface area (Å²) in [5.41, 5.74) is 5.86. The van der Waals surface area contributed by atoms with Crippen LogP contribution in [0.2, 0.25) is 0 Å². The SMILES string of the molecule is F.F.O=C(O)Nc1cc(CCCn2c(=O)oc3cc(CCNCC(O)c4ccc(O)c5[nH]c(=O)ccc45)ccc32)ccc1-c1ccccc1. The van der Waals surface area contributed by atoms with E-state index in [1.54, 1.807) is 16.7 Å². The van der Waals surface area contributed by atoms with Gasteiger partial charge in [-0.05, 0) is 78.4 Å². The number of pyridine rings is 1. The van der Waals surface area contributed by atoms with Gasteiger partial charge in [0.15, 0.2) is 5.58 Å². The molecule has 6 N–H and O–H groups in total. The second kappa shape index (κ2) is 15.9. The van der Waals surface area contributed by atoms with Crippen LogP contribution in [0, 0.1) is 0 Å². The van der Waals surface area contributed by atoms with Crippen LogP contribution in [0.15, 0.2) is 105 Å². The number of oxazole rings is 1. The van der Waals surface area contributed by atoms with Crippen molar-refractivity contribution in [2.75, 3.05) is 18.4 Å². The average molecular weight is 675 g/mol. The van der Waals surface area contributed by atoms with Gasteiger partial charge in [0.1, 0.15) is 5.75 Å². The Morgan fingerprint density at radius 1 is 0.898 bits per heavy atom. The number of rotatable bonds is 12. The Morgan fingerprint density at radius 2 is 1.65 bits per heavy atom. The molecule has 0 fully saturated rings. The van der Waals surface area contributed by atoms with Crippen molar-refractivity contribution in [2.45, 2.75) is 31.9 Å². The number of anilines is 1. The molecule has 256 valence electrons. The number of aromatic amines is 1. The molecule has 2 aromatic heterocycles. The maximum Gasteiger partial charge on any atom is 0.419 e. The molecule has 1 unspecified atom stereocenters. The third-order valence-electron chi connectivity index (χ3n) is 8.18. The Balaban J connectivity index is 0.00000270. The molecule has 13 heteroatoms. The second-order valence-electron chi connectivity index (χ2n) is 11.4. The molecular weight excluding hydrogens is 638 g/mol. The molecule has 0 spiro atoms. The van der Waals surface area contributed by atoms with Gasteiger partial charge in [-0.25, -0.2) is 9.59 Å². The predicted molar refractivity (Wildman–Crippen MR) is 185 cm³/mol. The van der Waals surface area contributed by atoms with Crippen molar-refractivity contribution in [3.63, 3.8) is 0 Å². The maximum absolute atomic E-state index is 12.7. The first-order valence-electron chi connectivity index (χ1n) is 15.3. The monoisotopic (exact) mass is 674 g/mol. The van der Waals surface area contributed by atoms with E-state index in [0.717, 1.165) is 22.3 Å². The Kier molecular flexibility index (Phi) is 11.7. The Morgan fingerprint density at radius 3 is 2.43 bits per heavy atom. The number of hydrogen-bond donors (Lipinski definition) is 6. The van der Waals surface area contributed by atoms with Crippen LogP contribution < -0.4 is 21.9 Å². The van der Waals surface area contributed by atoms with Gasteiger partial charge in [-0.1, -0.05) is 54.6 Å². The number of aliphatic hydroxyl groups excluding tert-OH is 1. The fourth-order valence-corrected chi connectivity index (χ4v) is 5.89. The molecule has 4 aromatic carbocycles. The number of phenolic OH excluding ortho intramolecular Hbond substituents is 1. The number of halogens is 2. The van der Waals surface area contributed by atoms with Crippen molar-refractivity contribution in [2.24, 2.45) is 0 Å². The van der Waals surface area contributed by atoms with E-state index in [1.807, 2.05) is 66.7 Å². The minimum absolute atomic E-state index is 0. The highest BCUT2D eigenvalue weighted by molar-refractivity contribution is 5.91. The third kappa shape index (κ3) is 8.20. The normalized spacial score (nSPS) is 11.5. The molecule has 1 amide bonds. The molecular formula is C36H36F2N4O7. The molecule has 0 aliphatic heterocycles. The first kappa shape index (κ1) is 36.1. The molecule has 6 rings (SSSR count). The van der Waals surface area contributed by atoms with Gasteiger partial charge in [0.2, 0.25) is 5.56 Å². The largest absolute Gasteiger partial charge is 0.506 e. The minimum Gasteiger partial charge on any atom is -0.506 e. The average Bonchev–Trinajstić information content (AvgIpc) is 3.37. The van der Waals surface area contributed by atoms with Crippen LogP contribution in [-0.4, -0.2) is 44.1 Å². The summed E-state index contributed by atoms with van der Waals surface area (Å²) in [5.74, 6) is -0.496. The van der Waals surface area contributed by atoms with Gasteiger partial charge in [0, 0.05) is 30.1 Å². The van der Waals surface area contributed by atoms with Gasteiger partial charge in [0.25, 0.3) is 0 Å². The van der Waals surface area contributed by atoms with Crippen LogP contribution in [0.5, 0.6) is 5.75 Å². The van der Waals surface area contributed by atoms with Crippen LogP contribution in [0.4, 0.5) is 19.9 Å². The highest BCUT2D eigenvalue weighted by Crippen LogP contribution is 2.30. The highest BCUT2D eigenvalue weighted by Gasteiger charge is 2.15. The first-order chi connectivity index (χ1) is 22.8. The fourth-order valence-electron chi connectivity index (χ4n) is 5.89. The van der Waals surface area contributed by atoms with E-state index in [4.69, 9.17) is 4.42 Å². The number of fused-ring (bicyclic) bond motifs is 2. The third-order valence-corrected chi connectivity index (χ3v) is 8.18. The van der Waals surface area contributed by atoms with Crippen LogP contribution in [0.25, 0.3) is 33.1 Å². The summed E-state index contributed by atoms with van der Waals surface area (Å²) in [6.07, 6.45) is -0.0826. The van der Waals surface area contributed by atoms with Crippen molar-refractivity contribution in [3.05, 3.63) is 129 Å². The zero-order chi connectivity index (χ0) is 32.9. The lowest BCUT2D eigenvalue weighted by molar-refractivity contribution is 0.176. The molecule has 0 aliphatic carbocycles. The van der Waals surface area contributed by atoms with Crippen molar-refractivity contribution in [1.82, 2.24) is 14.9 Å². The standard InChI is InChI=1S/C36H34N4O7.2FH/c41-30-14-11-26(27-12-15-33(43)39-34(27)30)31(42)21-37-17-16-23-9-13-29-32(20-23)47-36(46)40(29)18-4-5-22-8-10-25(24-6-2-1-3-7-24)28(19-22)38-35(44)45;;/h1-3,6-15,19-20,31,37-38,41-42H,4-5,16-18,21H2,(H,39,43)(H,44,45);2*1H. The van der Waals surface area contributed by atoms with Crippen molar-refractivity contribution in [3.8, 4) is 16.9 Å². The molecule has 2 heterocycles. The quantitative estimate of drug-likeness (QED) is 0.0898. The number of benzene rings is 4. The Hall–Kier alpha value is -5.79.